The molecule has 0 radical (unpaired) electrons. The summed E-state index contributed by atoms with van der Waals surface area (Å²) in [6.07, 6.45) is 3.74. The van der Waals surface area contributed by atoms with Crippen molar-refractivity contribution in [3.05, 3.63) is 65.2 Å². The summed E-state index contributed by atoms with van der Waals surface area (Å²) in [5, 5.41) is 9.02. The molecule has 0 amide bonds. The summed E-state index contributed by atoms with van der Waals surface area (Å²) in [5.41, 5.74) is 2.85. The zero-order valence-electron chi connectivity index (χ0n) is 11.4. The van der Waals surface area contributed by atoms with Crippen LogP contribution in [0.5, 0.6) is 0 Å². The monoisotopic (exact) mass is 316 g/mol. The van der Waals surface area contributed by atoms with E-state index in [-0.39, 0.29) is 0 Å². The van der Waals surface area contributed by atoms with Gasteiger partial charge in [-0.15, -0.1) is 16.9 Å². The largest absolute Gasteiger partial charge is 0.262 e. The minimum absolute atomic E-state index is 0.686. The minimum Gasteiger partial charge on any atom is -0.262 e. The van der Waals surface area contributed by atoms with Crippen molar-refractivity contribution in [2.45, 2.75) is 17.6 Å². The van der Waals surface area contributed by atoms with Crippen molar-refractivity contribution in [3.63, 3.8) is 0 Å². The van der Waals surface area contributed by atoms with Crippen LogP contribution in [0.15, 0.2) is 53.7 Å². The van der Waals surface area contributed by atoms with Crippen LogP contribution in [-0.4, -0.2) is 20.0 Å². The van der Waals surface area contributed by atoms with Gasteiger partial charge in [0.2, 0.25) is 0 Å². The van der Waals surface area contributed by atoms with Crippen LogP contribution < -0.4 is 0 Å². The Kier molecular flexibility index (Phi) is 4.22. The van der Waals surface area contributed by atoms with Gasteiger partial charge in [-0.2, -0.15) is 0 Å². The van der Waals surface area contributed by atoms with Gasteiger partial charge in [0.15, 0.2) is 0 Å². The molecule has 0 bridgehead atoms. The van der Waals surface area contributed by atoms with Crippen LogP contribution in [0.1, 0.15) is 11.4 Å². The van der Waals surface area contributed by atoms with E-state index >= 15 is 0 Å². The number of aryl methyl sites for hydroxylation is 1. The number of nitrogens with zero attached hydrogens (tertiary/aromatic N) is 4. The van der Waals surface area contributed by atoms with Crippen LogP contribution in [0.3, 0.4) is 0 Å². The standard InChI is InChI=1S/C15H13ClN4S/c1-11-7-15(5-6-17-11)21-10-13-9-20(19-18-13)14-4-2-3-12(16)8-14/h2-9H,10H2,1H3. The Morgan fingerprint density at radius 2 is 2.14 bits per heavy atom. The molecule has 3 rings (SSSR count). The second-order valence-electron chi connectivity index (χ2n) is 4.56. The summed E-state index contributed by atoms with van der Waals surface area (Å²) >= 11 is 7.70. The maximum atomic E-state index is 5.99. The Morgan fingerprint density at radius 1 is 1.24 bits per heavy atom. The van der Waals surface area contributed by atoms with E-state index in [0.717, 1.165) is 22.8 Å². The molecule has 1 aromatic carbocycles. The zero-order valence-corrected chi connectivity index (χ0v) is 13.0. The fourth-order valence-corrected chi connectivity index (χ4v) is 2.92. The highest BCUT2D eigenvalue weighted by molar-refractivity contribution is 7.98. The first-order valence-corrected chi connectivity index (χ1v) is 7.80. The van der Waals surface area contributed by atoms with Gasteiger partial charge in [-0.3, -0.25) is 4.98 Å². The van der Waals surface area contributed by atoms with Crippen molar-refractivity contribution in [3.8, 4) is 5.69 Å². The molecule has 0 unspecified atom stereocenters. The number of benzene rings is 1. The molecule has 0 fully saturated rings. The third-order valence-electron chi connectivity index (χ3n) is 2.87. The lowest BCUT2D eigenvalue weighted by molar-refractivity contribution is 0.800. The molecule has 0 spiro atoms. The number of rotatable bonds is 4. The molecule has 2 aromatic heterocycles. The van der Waals surface area contributed by atoms with Gasteiger partial charge in [-0.05, 0) is 37.3 Å². The lowest BCUT2D eigenvalue weighted by atomic mass is 10.3. The molecule has 0 aliphatic rings. The molecule has 2 heterocycles. The van der Waals surface area contributed by atoms with Crippen LogP contribution in [0.2, 0.25) is 5.02 Å². The summed E-state index contributed by atoms with van der Waals surface area (Å²) < 4.78 is 1.74. The number of hydrogen-bond acceptors (Lipinski definition) is 4. The Morgan fingerprint density at radius 3 is 2.95 bits per heavy atom. The van der Waals surface area contributed by atoms with E-state index in [1.807, 2.05) is 49.6 Å². The molecule has 4 nitrogen and oxygen atoms in total. The molecule has 0 atom stereocenters. The molecule has 106 valence electrons. The maximum Gasteiger partial charge on any atom is 0.0934 e. The van der Waals surface area contributed by atoms with Gasteiger partial charge in [0.05, 0.1) is 17.6 Å². The second-order valence-corrected chi connectivity index (χ2v) is 6.04. The van der Waals surface area contributed by atoms with Crippen molar-refractivity contribution >= 4 is 23.4 Å². The summed E-state index contributed by atoms with van der Waals surface area (Å²) in [4.78, 5) is 5.37. The van der Waals surface area contributed by atoms with Gasteiger partial charge in [0, 0.05) is 27.6 Å². The number of hydrogen-bond donors (Lipinski definition) is 0. The SMILES string of the molecule is Cc1cc(SCc2cn(-c3cccc(Cl)c3)nn2)ccn1. The van der Waals surface area contributed by atoms with Crippen molar-refractivity contribution in [2.24, 2.45) is 0 Å². The van der Waals surface area contributed by atoms with Gasteiger partial charge in [0.1, 0.15) is 0 Å². The number of thioether (sulfide) groups is 1. The third-order valence-corrected chi connectivity index (χ3v) is 4.13. The van der Waals surface area contributed by atoms with E-state index in [1.54, 1.807) is 16.4 Å². The smallest absolute Gasteiger partial charge is 0.0934 e. The van der Waals surface area contributed by atoms with Crippen molar-refractivity contribution in [2.75, 3.05) is 0 Å². The first kappa shape index (κ1) is 14.1. The minimum atomic E-state index is 0.686. The predicted octanol–water partition coefficient (Wildman–Crippen LogP) is 3.92. The molecule has 0 saturated carbocycles. The molecular formula is C15H13ClN4S. The molecule has 0 saturated heterocycles. The topological polar surface area (TPSA) is 43.6 Å². The molecule has 0 aliphatic heterocycles. The van der Waals surface area contributed by atoms with E-state index in [2.05, 4.69) is 21.4 Å². The summed E-state index contributed by atoms with van der Waals surface area (Å²) in [6.45, 7) is 1.99. The molecule has 0 aliphatic carbocycles. The normalized spacial score (nSPS) is 10.8. The lowest BCUT2D eigenvalue weighted by Gasteiger charge is -2.00. The summed E-state index contributed by atoms with van der Waals surface area (Å²) in [7, 11) is 0. The van der Waals surface area contributed by atoms with Gasteiger partial charge in [-0.25, -0.2) is 4.68 Å². The molecular weight excluding hydrogens is 304 g/mol. The molecule has 6 heteroatoms. The summed E-state index contributed by atoms with van der Waals surface area (Å²) in [6, 6.07) is 11.6. The lowest BCUT2D eigenvalue weighted by Crippen LogP contribution is -1.93. The predicted molar refractivity (Wildman–Crippen MR) is 84.9 cm³/mol. The maximum absolute atomic E-state index is 5.99. The Balaban J connectivity index is 1.71. The Bertz CT molecular complexity index is 757. The fourth-order valence-electron chi connectivity index (χ4n) is 1.88. The first-order valence-electron chi connectivity index (χ1n) is 6.43. The summed E-state index contributed by atoms with van der Waals surface area (Å²) in [5.74, 6) is 0.768. The van der Waals surface area contributed by atoms with E-state index in [1.165, 1.54) is 4.90 Å². The molecule has 3 aromatic rings. The van der Waals surface area contributed by atoms with E-state index < -0.39 is 0 Å². The van der Waals surface area contributed by atoms with Crippen LogP contribution in [0.4, 0.5) is 0 Å². The van der Waals surface area contributed by atoms with Crippen molar-refractivity contribution in [1.29, 1.82) is 0 Å². The van der Waals surface area contributed by atoms with Gasteiger partial charge < -0.3 is 0 Å². The third kappa shape index (κ3) is 3.62. The van der Waals surface area contributed by atoms with Crippen LogP contribution >= 0.6 is 23.4 Å². The number of aromatic nitrogens is 4. The highest BCUT2D eigenvalue weighted by atomic mass is 35.5. The quantitative estimate of drug-likeness (QED) is 0.684. The van der Waals surface area contributed by atoms with Crippen LogP contribution in [0.25, 0.3) is 5.69 Å². The van der Waals surface area contributed by atoms with Crippen LogP contribution in [-0.2, 0) is 5.75 Å². The second kappa shape index (κ2) is 6.28. The van der Waals surface area contributed by atoms with Gasteiger partial charge in [-0.1, -0.05) is 22.9 Å². The number of pyridine rings is 1. The number of halogens is 1. The Labute approximate surface area is 132 Å². The Hall–Kier alpha value is -1.85. The van der Waals surface area contributed by atoms with Crippen molar-refractivity contribution < 1.29 is 0 Å². The van der Waals surface area contributed by atoms with E-state index in [0.29, 0.717) is 5.02 Å². The average molecular weight is 317 g/mol. The highest BCUT2D eigenvalue weighted by Crippen LogP contribution is 2.22. The fraction of sp³-hybridized carbons (Fsp3) is 0.133. The molecule has 21 heavy (non-hydrogen) atoms. The van der Waals surface area contributed by atoms with Crippen LogP contribution in [0, 0.1) is 6.92 Å². The highest BCUT2D eigenvalue weighted by Gasteiger charge is 2.04. The zero-order chi connectivity index (χ0) is 14.7. The first-order chi connectivity index (χ1) is 10.2. The molecule has 0 N–H and O–H groups in total. The van der Waals surface area contributed by atoms with E-state index in [4.69, 9.17) is 11.6 Å². The van der Waals surface area contributed by atoms with Crippen molar-refractivity contribution in [1.82, 2.24) is 20.0 Å². The van der Waals surface area contributed by atoms with Gasteiger partial charge >= 0.3 is 0 Å². The average Bonchev–Trinajstić information content (AvgIpc) is 2.94. The van der Waals surface area contributed by atoms with E-state index in [9.17, 15) is 0 Å². The van der Waals surface area contributed by atoms with Gasteiger partial charge in [0.25, 0.3) is 0 Å².